The number of nitrogens with one attached hydrogen (secondary N) is 1. The Morgan fingerprint density at radius 1 is 1.15 bits per heavy atom. The lowest BCUT2D eigenvalue weighted by Gasteiger charge is -2.08. The van der Waals surface area contributed by atoms with E-state index in [2.05, 4.69) is 27.0 Å². The monoisotopic (exact) mass is 345 g/mol. The summed E-state index contributed by atoms with van der Waals surface area (Å²) in [5.41, 5.74) is 3.44. The lowest BCUT2D eigenvalue weighted by Crippen LogP contribution is -2.24. The third-order valence-electron chi connectivity index (χ3n) is 4.11. The Labute approximate surface area is 154 Å². The van der Waals surface area contributed by atoms with Gasteiger partial charge in [-0.15, -0.1) is 0 Å². The minimum atomic E-state index is -0.0901. The summed E-state index contributed by atoms with van der Waals surface area (Å²) >= 11 is 0. The summed E-state index contributed by atoms with van der Waals surface area (Å²) in [7, 11) is 0. The van der Waals surface area contributed by atoms with Gasteiger partial charge in [0.15, 0.2) is 0 Å². The van der Waals surface area contributed by atoms with Crippen LogP contribution in [0.2, 0.25) is 0 Å². The Hall–Kier alpha value is -3.14. The standard InChI is InChI=1S/C22H23N3O/c1-18-6-5-9-19(16-18)10-11-22(26)24-13-12-21-23-14-15-25(21)17-20-7-3-2-4-8-20/h2-11,14-16H,12-13,17H2,1H3,(H,24,26)/b11-10+. The Morgan fingerprint density at radius 2 is 2.00 bits per heavy atom. The van der Waals surface area contributed by atoms with E-state index in [1.165, 1.54) is 11.1 Å². The van der Waals surface area contributed by atoms with Crippen molar-refractivity contribution in [1.29, 1.82) is 0 Å². The molecule has 0 radical (unpaired) electrons. The SMILES string of the molecule is Cc1cccc(/C=C/C(=O)NCCc2nccn2Cc2ccccc2)c1. The summed E-state index contributed by atoms with van der Waals surface area (Å²) in [6.45, 7) is 3.38. The number of benzene rings is 2. The molecule has 1 aromatic heterocycles. The molecule has 1 amide bonds. The Bertz CT molecular complexity index is 881. The molecule has 0 atom stereocenters. The molecule has 0 saturated heterocycles. The third-order valence-corrected chi connectivity index (χ3v) is 4.11. The smallest absolute Gasteiger partial charge is 0.244 e. The molecule has 0 fully saturated rings. The van der Waals surface area contributed by atoms with Crippen LogP contribution in [-0.4, -0.2) is 22.0 Å². The lowest BCUT2D eigenvalue weighted by molar-refractivity contribution is -0.116. The second-order valence-electron chi connectivity index (χ2n) is 6.25. The van der Waals surface area contributed by atoms with Crippen LogP contribution in [0.25, 0.3) is 6.08 Å². The molecule has 3 rings (SSSR count). The molecule has 0 spiro atoms. The summed E-state index contributed by atoms with van der Waals surface area (Å²) in [6.07, 6.45) is 7.88. The van der Waals surface area contributed by atoms with Gasteiger partial charge in [0.05, 0.1) is 0 Å². The van der Waals surface area contributed by atoms with Crippen molar-refractivity contribution in [2.75, 3.05) is 6.54 Å². The largest absolute Gasteiger partial charge is 0.352 e. The van der Waals surface area contributed by atoms with Gasteiger partial charge in [0.1, 0.15) is 5.82 Å². The fourth-order valence-corrected chi connectivity index (χ4v) is 2.79. The first kappa shape index (κ1) is 17.7. The second-order valence-corrected chi connectivity index (χ2v) is 6.25. The Kier molecular flexibility index (Phi) is 5.99. The van der Waals surface area contributed by atoms with Gasteiger partial charge in [0.25, 0.3) is 0 Å². The fraction of sp³-hybridized carbons (Fsp3) is 0.182. The molecule has 4 nitrogen and oxygen atoms in total. The number of imidazole rings is 1. The highest BCUT2D eigenvalue weighted by Gasteiger charge is 2.04. The average molecular weight is 345 g/mol. The Morgan fingerprint density at radius 3 is 2.81 bits per heavy atom. The average Bonchev–Trinajstić information content (AvgIpc) is 3.08. The maximum atomic E-state index is 12.0. The molecule has 1 N–H and O–H groups in total. The van der Waals surface area contributed by atoms with Crippen LogP contribution < -0.4 is 5.32 Å². The van der Waals surface area contributed by atoms with Crippen molar-refractivity contribution in [3.63, 3.8) is 0 Å². The van der Waals surface area contributed by atoms with Crippen molar-refractivity contribution in [2.24, 2.45) is 0 Å². The van der Waals surface area contributed by atoms with Crippen LogP contribution >= 0.6 is 0 Å². The van der Waals surface area contributed by atoms with Gasteiger partial charge in [-0.2, -0.15) is 0 Å². The maximum Gasteiger partial charge on any atom is 0.244 e. The first-order chi connectivity index (χ1) is 12.7. The van der Waals surface area contributed by atoms with Gasteiger partial charge in [-0.25, -0.2) is 4.98 Å². The molecular weight excluding hydrogens is 322 g/mol. The summed E-state index contributed by atoms with van der Waals surface area (Å²) in [6, 6.07) is 18.3. The van der Waals surface area contributed by atoms with Gasteiger partial charge < -0.3 is 9.88 Å². The summed E-state index contributed by atoms with van der Waals surface area (Å²) < 4.78 is 2.12. The van der Waals surface area contributed by atoms with Crippen LogP contribution in [0.5, 0.6) is 0 Å². The van der Waals surface area contributed by atoms with E-state index in [-0.39, 0.29) is 5.91 Å². The number of hydrogen-bond donors (Lipinski definition) is 1. The van der Waals surface area contributed by atoms with Crippen LogP contribution in [0, 0.1) is 6.92 Å². The normalized spacial score (nSPS) is 11.0. The van der Waals surface area contributed by atoms with Gasteiger partial charge in [-0.3, -0.25) is 4.79 Å². The molecule has 4 heteroatoms. The molecule has 0 unspecified atom stereocenters. The molecule has 1 heterocycles. The van der Waals surface area contributed by atoms with E-state index >= 15 is 0 Å². The van der Waals surface area contributed by atoms with E-state index in [9.17, 15) is 4.79 Å². The molecule has 2 aromatic carbocycles. The van der Waals surface area contributed by atoms with E-state index in [1.807, 2.05) is 61.7 Å². The zero-order valence-electron chi connectivity index (χ0n) is 14.9. The van der Waals surface area contributed by atoms with Crippen molar-refractivity contribution in [3.8, 4) is 0 Å². The Balaban J connectivity index is 1.49. The predicted molar refractivity (Wildman–Crippen MR) is 105 cm³/mol. The topological polar surface area (TPSA) is 46.9 Å². The minimum Gasteiger partial charge on any atom is -0.352 e. The number of rotatable bonds is 7. The van der Waals surface area contributed by atoms with Crippen molar-refractivity contribution < 1.29 is 4.79 Å². The molecule has 0 saturated carbocycles. The second kappa shape index (κ2) is 8.81. The summed E-state index contributed by atoms with van der Waals surface area (Å²) in [4.78, 5) is 16.4. The number of carbonyl (C=O) groups excluding carboxylic acids is 1. The number of nitrogens with zero attached hydrogens (tertiary/aromatic N) is 2. The first-order valence-corrected chi connectivity index (χ1v) is 8.77. The molecule has 0 bridgehead atoms. The van der Waals surface area contributed by atoms with Crippen molar-refractivity contribution in [2.45, 2.75) is 19.9 Å². The number of carbonyl (C=O) groups is 1. The van der Waals surface area contributed by atoms with E-state index in [0.29, 0.717) is 13.0 Å². The van der Waals surface area contributed by atoms with Crippen LogP contribution in [0.15, 0.2) is 73.1 Å². The zero-order valence-corrected chi connectivity index (χ0v) is 14.9. The van der Waals surface area contributed by atoms with Gasteiger partial charge in [-0.1, -0.05) is 60.2 Å². The van der Waals surface area contributed by atoms with Crippen molar-refractivity contribution >= 4 is 12.0 Å². The third kappa shape index (κ3) is 5.18. The summed E-state index contributed by atoms with van der Waals surface area (Å²) in [5.74, 6) is 0.879. The molecular formula is C22H23N3O. The van der Waals surface area contributed by atoms with E-state index < -0.39 is 0 Å². The maximum absolute atomic E-state index is 12.0. The van der Waals surface area contributed by atoms with Gasteiger partial charge in [0, 0.05) is 38.0 Å². The van der Waals surface area contributed by atoms with E-state index in [0.717, 1.165) is 17.9 Å². The molecule has 0 aliphatic rings. The number of aromatic nitrogens is 2. The van der Waals surface area contributed by atoms with E-state index in [4.69, 9.17) is 0 Å². The number of aryl methyl sites for hydroxylation is 1. The van der Waals surface area contributed by atoms with Crippen LogP contribution in [0.4, 0.5) is 0 Å². The quantitative estimate of drug-likeness (QED) is 0.665. The minimum absolute atomic E-state index is 0.0901. The first-order valence-electron chi connectivity index (χ1n) is 8.77. The molecule has 0 aliphatic heterocycles. The number of hydrogen-bond acceptors (Lipinski definition) is 2. The van der Waals surface area contributed by atoms with E-state index in [1.54, 1.807) is 12.3 Å². The van der Waals surface area contributed by atoms with Gasteiger partial charge >= 0.3 is 0 Å². The van der Waals surface area contributed by atoms with Crippen molar-refractivity contribution in [1.82, 2.24) is 14.9 Å². The molecule has 0 aliphatic carbocycles. The molecule has 132 valence electrons. The summed E-state index contributed by atoms with van der Waals surface area (Å²) in [5, 5.41) is 2.92. The highest BCUT2D eigenvalue weighted by molar-refractivity contribution is 5.91. The van der Waals surface area contributed by atoms with Crippen molar-refractivity contribution in [3.05, 3.63) is 95.6 Å². The zero-order chi connectivity index (χ0) is 18.2. The highest BCUT2D eigenvalue weighted by Crippen LogP contribution is 2.07. The number of amides is 1. The van der Waals surface area contributed by atoms with Crippen LogP contribution in [0.1, 0.15) is 22.5 Å². The van der Waals surface area contributed by atoms with Gasteiger partial charge in [0.2, 0.25) is 5.91 Å². The van der Waals surface area contributed by atoms with Crippen LogP contribution in [-0.2, 0) is 17.8 Å². The highest BCUT2D eigenvalue weighted by atomic mass is 16.1. The fourth-order valence-electron chi connectivity index (χ4n) is 2.79. The predicted octanol–water partition coefficient (Wildman–Crippen LogP) is 3.61. The molecule has 26 heavy (non-hydrogen) atoms. The molecule has 3 aromatic rings. The van der Waals surface area contributed by atoms with Crippen LogP contribution in [0.3, 0.4) is 0 Å². The lowest BCUT2D eigenvalue weighted by atomic mass is 10.1. The van der Waals surface area contributed by atoms with Gasteiger partial charge in [-0.05, 0) is 24.1 Å².